The zero-order valence-electron chi connectivity index (χ0n) is 16.2. The molecule has 1 amide bonds. The normalized spacial score (nSPS) is 14.6. The van der Waals surface area contributed by atoms with Gasteiger partial charge in [0.05, 0.1) is 15.1 Å². The zero-order valence-corrected chi connectivity index (χ0v) is 17.0. The highest BCUT2D eigenvalue weighted by Gasteiger charge is 2.23. The van der Waals surface area contributed by atoms with E-state index in [-0.39, 0.29) is 11.3 Å². The lowest BCUT2D eigenvalue weighted by Crippen LogP contribution is -2.25. The summed E-state index contributed by atoms with van der Waals surface area (Å²) in [5.41, 5.74) is 2.71. The molecular weight excluding hydrogens is 388 g/mol. The Morgan fingerprint density at radius 3 is 2.62 bits per heavy atom. The highest BCUT2D eigenvalue weighted by atomic mass is 32.1. The topological polar surface area (TPSA) is 88.4 Å². The number of nitro benzene ring substituents is 1. The number of aromatic nitrogens is 1. The zero-order chi connectivity index (χ0) is 20.4. The third-order valence-corrected chi connectivity index (χ3v) is 6.16. The standard InChI is InChI=1S/C21H22N4O3S/c1-14-7-6-8-18-19(14)22-21(29-18)23-20(26)15-9-10-16(17(13-15)25(27)28)24-11-4-2-3-5-12-24/h6-10,13H,2-5,11-12H2,1H3,(H,22,23,26). The van der Waals surface area contributed by atoms with E-state index in [1.807, 2.05) is 25.1 Å². The van der Waals surface area contributed by atoms with E-state index in [1.165, 1.54) is 17.4 Å². The maximum atomic E-state index is 12.7. The number of para-hydroxylation sites is 1. The molecule has 1 fully saturated rings. The Balaban J connectivity index is 1.60. The maximum absolute atomic E-state index is 12.7. The van der Waals surface area contributed by atoms with E-state index in [4.69, 9.17) is 0 Å². The van der Waals surface area contributed by atoms with Gasteiger partial charge >= 0.3 is 0 Å². The molecule has 4 rings (SSSR count). The van der Waals surface area contributed by atoms with Crippen molar-refractivity contribution in [2.45, 2.75) is 32.6 Å². The van der Waals surface area contributed by atoms with Crippen LogP contribution in [0.3, 0.4) is 0 Å². The van der Waals surface area contributed by atoms with Crippen molar-refractivity contribution in [1.82, 2.24) is 4.98 Å². The fourth-order valence-corrected chi connectivity index (χ4v) is 4.64. The van der Waals surface area contributed by atoms with Crippen molar-refractivity contribution in [3.05, 3.63) is 57.6 Å². The van der Waals surface area contributed by atoms with Crippen molar-refractivity contribution in [1.29, 1.82) is 0 Å². The van der Waals surface area contributed by atoms with Gasteiger partial charge in [-0.25, -0.2) is 4.98 Å². The molecule has 1 saturated heterocycles. The number of fused-ring (bicyclic) bond motifs is 1. The first-order valence-corrected chi connectivity index (χ1v) is 10.6. The number of nitrogens with one attached hydrogen (secondary N) is 1. The van der Waals surface area contributed by atoms with E-state index >= 15 is 0 Å². The Morgan fingerprint density at radius 2 is 1.93 bits per heavy atom. The van der Waals surface area contributed by atoms with Crippen LogP contribution in [0, 0.1) is 17.0 Å². The van der Waals surface area contributed by atoms with Gasteiger partial charge in [0, 0.05) is 24.7 Å². The van der Waals surface area contributed by atoms with Gasteiger partial charge in [-0.3, -0.25) is 20.2 Å². The molecule has 1 N–H and O–H groups in total. The predicted octanol–water partition coefficient (Wildman–Crippen LogP) is 5.15. The third-order valence-electron chi connectivity index (χ3n) is 5.22. The van der Waals surface area contributed by atoms with Crippen LogP contribution in [0.4, 0.5) is 16.5 Å². The van der Waals surface area contributed by atoms with Gasteiger partial charge in [0.1, 0.15) is 5.69 Å². The maximum Gasteiger partial charge on any atom is 0.293 e. The number of thiazole rings is 1. The predicted molar refractivity (Wildman–Crippen MR) is 116 cm³/mol. The van der Waals surface area contributed by atoms with Crippen molar-refractivity contribution < 1.29 is 9.72 Å². The highest BCUT2D eigenvalue weighted by Crippen LogP contribution is 2.32. The molecule has 1 aliphatic heterocycles. The molecule has 2 aromatic carbocycles. The van der Waals surface area contributed by atoms with Crippen LogP contribution in [-0.4, -0.2) is 28.9 Å². The van der Waals surface area contributed by atoms with Crippen molar-refractivity contribution >= 4 is 44.0 Å². The van der Waals surface area contributed by atoms with Crippen LogP contribution in [0.5, 0.6) is 0 Å². The SMILES string of the molecule is Cc1cccc2sc(NC(=O)c3ccc(N4CCCCCC4)c([N+](=O)[O-])c3)nc12. The van der Waals surface area contributed by atoms with Crippen molar-refractivity contribution in [2.24, 2.45) is 0 Å². The number of benzene rings is 2. The van der Waals surface area contributed by atoms with Gasteiger partial charge in [0.15, 0.2) is 5.13 Å². The lowest BCUT2D eigenvalue weighted by molar-refractivity contribution is -0.384. The van der Waals surface area contributed by atoms with E-state index in [2.05, 4.69) is 15.2 Å². The van der Waals surface area contributed by atoms with Crippen molar-refractivity contribution in [2.75, 3.05) is 23.3 Å². The molecule has 2 heterocycles. The molecule has 1 aliphatic rings. The van der Waals surface area contributed by atoms with Gasteiger partial charge in [-0.1, -0.05) is 36.3 Å². The summed E-state index contributed by atoms with van der Waals surface area (Å²) in [5, 5.41) is 14.9. The fourth-order valence-electron chi connectivity index (χ4n) is 3.70. The quantitative estimate of drug-likeness (QED) is 0.475. The summed E-state index contributed by atoms with van der Waals surface area (Å²) >= 11 is 1.39. The van der Waals surface area contributed by atoms with E-state index in [1.54, 1.807) is 12.1 Å². The highest BCUT2D eigenvalue weighted by molar-refractivity contribution is 7.22. The van der Waals surface area contributed by atoms with Crippen LogP contribution in [0.15, 0.2) is 36.4 Å². The molecule has 0 aliphatic carbocycles. The van der Waals surface area contributed by atoms with Crippen molar-refractivity contribution in [3.63, 3.8) is 0 Å². The molecule has 0 radical (unpaired) electrons. The van der Waals surface area contributed by atoms with Gasteiger partial charge in [-0.15, -0.1) is 0 Å². The minimum Gasteiger partial charge on any atom is -0.366 e. The second-order valence-corrected chi connectivity index (χ2v) is 8.29. The monoisotopic (exact) mass is 410 g/mol. The summed E-state index contributed by atoms with van der Waals surface area (Å²) in [4.78, 5) is 30.5. The van der Waals surface area contributed by atoms with Crippen LogP contribution < -0.4 is 10.2 Å². The molecule has 3 aromatic rings. The largest absolute Gasteiger partial charge is 0.366 e. The Kier molecular flexibility index (Phi) is 5.44. The van der Waals surface area contributed by atoms with E-state index in [9.17, 15) is 14.9 Å². The first kappa shape index (κ1) is 19.3. The number of hydrogen-bond donors (Lipinski definition) is 1. The molecule has 29 heavy (non-hydrogen) atoms. The van der Waals surface area contributed by atoms with E-state index in [0.29, 0.717) is 10.8 Å². The molecule has 0 unspecified atom stereocenters. The number of nitrogens with zero attached hydrogens (tertiary/aromatic N) is 3. The van der Waals surface area contributed by atoms with Crippen LogP contribution >= 0.6 is 11.3 Å². The average Bonchev–Trinajstić information content (AvgIpc) is 2.94. The molecule has 150 valence electrons. The summed E-state index contributed by atoms with van der Waals surface area (Å²) in [6, 6.07) is 10.6. The lowest BCUT2D eigenvalue weighted by Gasteiger charge is -2.22. The van der Waals surface area contributed by atoms with E-state index in [0.717, 1.165) is 54.6 Å². The minimum atomic E-state index is -0.405. The first-order valence-electron chi connectivity index (χ1n) is 9.74. The van der Waals surface area contributed by atoms with Gasteiger partial charge in [0.2, 0.25) is 0 Å². The Morgan fingerprint density at radius 1 is 1.17 bits per heavy atom. The molecule has 8 heteroatoms. The minimum absolute atomic E-state index is 0.0281. The number of hydrogen-bond acceptors (Lipinski definition) is 6. The number of rotatable bonds is 4. The number of aryl methyl sites for hydroxylation is 1. The summed E-state index contributed by atoms with van der Waals surface area (Å²) in [6.45, 7) is 3.58. The van der Waals surface area contributed by atoms with Gasteiger partial charge in [-0.2, -0.15) is 0 Å². The molecule has 0 bridgehead atoms. The lowest BCUT2D eigenvalue weighted by atomic mass is 10.1. The molecule has 1 aromatic heterocycles. The van der Waals surface area contributed by atoms with Gasteiger partial charge < -0.3 is 4.90 Å². The molecule has 0 spiro atoms. The first-order chi connectivity index (χ1) is 14.0. The molecule has 0 saturated carbocycles. The summed E-state index contributed by atoms with van der Waals surface area (Å²) < 4.78 is 0.989. The molecule has 0 atom stereocenters. The number of carbonyl (C=O) groups is 1. The molecular formula is C21H22N4O3S. The second kappa shape index (κ2) is 8.16. The Bertz CT molecular complexity index is 1070. The van der Waals surface area contributed by atoms with Crippen molar-refractivity contribution in [3.8, 4) is 0 Å². The average molecular weight is 410 g/mol. The smallest absolute Gasteiger partial charge is 0.293 e. The summed E-state index contributed by atoms with van der Waals surface area (Å²) in [7, 11) is 0. The number of carbonyl (C=O) groups excluding carboxylic acids is 1. The number of nitro groups is 1. The van der Waals surface area contributed by atoms with Crippen LogP contribution in [0.25, 0.3) is 10.2 Å². The van der Waals surface area contributed by atoms with Crippen LogP contribution in [0.2, 0.25) is 0 Å². The third kappa shape index (κ3) is 4.07. The van der Waals surface area contributed by atoms with Gasteiger partial charge in [-0.05, 0) is 43.5 Å². The molecule has 7 nitrogen and oxygen atoms in total. The summed E-state index contributed by atoms with van der Waals surface area (Å²) in [6.07, 6.45) is 4.34. The Labute approximate surface area is 172 Å². The van der Waals surface area contributed by atoms with Crippen LogP contribution in [-0.2, 0) is 0 Å². The Hall–Kier alpha value is -3.00. The van der Waals surface area contributed by atoms with E-state index < -0.39 is 10.8 Å². The van der Waals surface area contributed by atoms with Gasteiger partial charge in [0.25, 0.3) is 11.6 Å². The summed E-state index contributed by atoms with van der Waals surface area (Å²) in [5.74, 6) is -0.396. The second-order valence-electron chi connectivity index (χ2n) is 7.26. The number of anilines is 2. The fraction of sp³-hybridized carbons (Fsp3) is 0.333. The van der Waals surface area contributed by atoms with Crippen LogP contribution in [0.1, 0.15) is 41.6 Å². The number of amides is 1.